The average molecular weight is 415 g/mol. The van der Waals surface area contributed by atoms with Gasteiger partial charge in [-0.3, -0.25) is 14.9 Å². The van der Waals surface area contributed by atoms with Gasteiger partial charge in [-0.2, -0.15) is 5.10 Å². The summed E-state index contributed by atoms with van der Waals surface area (Å²) in [6.45, 7) is 13.8. The molecule has 2 aliphatic rings. The summed E-state index contributed by atoms with van der Waals surface area (Å²) in [4.78, 5) is 9.83. The first-order valence-electron chi connectivity index (χ1n) is 11.8. The Kier molecular flexibility index (Phi) is 7.75. The van der Waals surface area contributed by atoms with E-state index >= 15 is 0 Å². The quantitative estimate of drug-likeness (QED) is 0.394. The maximum absolute atomic E-state index is 6.28. The number of nitrogens with zero attached hydrogens (tertiary/aromatic N) is 5. The van der Waals surface area contributed by atoms with Gasteiger partial charge in [0.05, 0.1) is 17.6 Å². The molecule has 6 nitrogen and oxygen atoms in total. The molecule has 1 aromatic heterocycles. The number of rotatable bonds is 8. The van der Waals surface area contributed by atoms with Crippen LogP contribution in [0.1, 0.15) is 71.7 Å². The lowest BCUT2D eigenvalue weighted by Gasteiger charge is -2.39. The second kappa shape index (κ2) is 10.1. The smallest absolute Gasteiger partial charge is 0.136 e. The van der Waals surface area contributed by atoms with Crippen LogP contribution >= 0.6 is 0 Å². The van der Waals surface area contributed by atoms with Gasteiger partial charge in [0.15, 0.2) is 0 Å². The first-order valence-corrected chi connectivity index (χ1v) is 11.8. The molecule has 2 N–H and O–H groups in total. The zero-order chi connectivity index (χ0) is 21.7. The molecule has 1 saturated carbocycles. The van der Waals surface area contributed by atoms with E-state index in [9.17, 15) is 0 Å². The van der Waals surface area contributed by atoms with E-state index < -0.39 is 0 Å². The van der Waals surface area contributed by atoms with Crippen LogP contribution in [0.4, 0.5) is 5.69 Å². The number of nitrogens with two attached hydrogens (primary N) is 1. The monoisotopic (exact) mass is 414 g/mol. The molecule has 2 heterocycles. The van der Waals surface area contributed by atoms with Crippen molar-refractivity contribution in [2.45, 2.75) is 72.0 Å². The Labute approximate surface area is 183 Å². The van der Waals surface area contributed by atoms with Crippen LogP contribution in [0, 0.1) is 11.3 Å². The summed E-state index contributed by atoms with van der Waals surface area (Å²) < 4.78 is 0. The molecule has 1 aliphatic carbocycles. The van der Waals surface area contributed by atoms with E-state index in [-0.39, 0.29) is 6.17 Å². The molecule has 3 rings (SSSR count). The predicted molar refractivity (Wildman–Crippen MR) is 127 cm³/mol. The van der Waals surface area contributed by atoms with Crippen molar-refractivity contribution in [3.05, 3.63) is 24.0 Å². The molecule has 3 atom stereocenters. The van der Waals surface area contributed by atoms with Crippen molar-refractivity contribution in [2.24, 2.45) is 22.2 Å². The van der Waals surface area contributed by atoms with Crippen molar-refractivity contribution in [1.29, 1.82) is 0 Å². The molecular weight excluding hydrogens is 372 g/mol. The van der Waals surface area contributed by atoms with Crippen molar-refractivity contribution in [3.8, 4) is 0 Å². The summed E-state index contributed by atoms with van der Waals surface area (Å²) in [5.74, 6) is 0.881. The highest BCUT2D eigenvalue weighted by molar-refractivity contribution is 5.56. The zero-order valence-electron chi connectivity index (χ0n) is 19.7. The van der Waals surface area contributed by atoms with Gasteiger partial charge in [0.1, 0.15) is 6.17 Å². The average Bonchev–Trinajstić information content (AvgIpc) is 3.28. The van der Waals surface area contributed by atoms with Gasteiger partial charge in [0.25, 0.3) is 0 Å². The normalized spacial score (nSPS) is 24.5. The number of hydrogen-bond acceptors (Lipinski definition) is 6. The minimum absolute atomic E-state index is 0.318. The van der Waals surface area contributed by atoms with E-state index in [4.69, 9.17) is 5.73 Å². The van der Waals surface area contributed by atoms with Crippen LogP contribution in [0.3, 0.4) is 0 Å². The van der Waals surface area contributed by atoms with Gasteiger partial charge in [0.2, 0.25) is 0 Å². The van der Waals surface area contributed by atoms with Crippen molar-refractivity contribution >= 4 is 11.9 Å². The Hall–Kier alpha value is -1.66. The summed E-state index contributed by atoms with van der Waals surface area (Å²) in [5.41, 5.74) is 8.81. The predicted octanol–water partition coefficient (Wildman–Crippen LogP) is 4.09. The van der Waals surface area contributed by atoms with Crippen molar-refractivity contribution in [2.75, 3.05) is 38.1 Å². The molecule has 3 unspecified atom stereocenters. The largest absolute Gasteiger partial charge is 0.368 e. The van der Waals surface area contributed by atoms with Crippen LogP contribution in [-0.2, 0) is 0 Å². The molecule has 0 bridgehead atoms. The second-order valence-electron chi connectivity index (χ2n) is 9.70. The molecule has 2 fully saturated rings. The standard InChI is InChI=1S/C24H42N6/c1-6-12-27-28(5)23(25)22-11-10-21(18-26-22)30-15-13-29(14-16-30)20-9-8-19(17-20)24(3,4)7-2/h10-12,18-20,23H,6-9,13-17,25H2,1-5H3/b27-12+. The highest BCUT2D eigenvalue weighted by Gasteiger charge is 2.37. The molecule has 30 heavy (non-hydrogen) atoms. The van der Waals surface area contributed by atoms with E-state index in [0.29, 0.717) is 5.41 Å². The maximum atomic E-state index is 6.28. The van der Waals surface area contributed by atoms with Gasteiger partial charge in [-0.1, -0.05) is 34.1 Å². The zero-order valence-corrected chi connectivity index (χ0v) is 19.7. The number of hydrazone groups is 1. The van der Waals surface area contributed by atoms with Crippen LogP contribution in [0.5, 0.6) is 0 Å². The van der Waals surface area contributed by atoms with E-state index in [2.05, 4.69) is 53.6 Å². The first-order chi connectivity index (χ1) is 14.4. The van der Waals surface area contributed by atoms with E-state index in [1.165, 1.54) is 31.4 Å². The number of aromatic nitrogens is 1. The van der Waals surface area contributed by atoms with Gasteiger partial charge >= 0.3 is 0 Å². The fourth-order valence-corrected chi connectivity index (χ4v) is 4.87. The molecule has 6 heteroatoms. The minimum Gasteiger partial charge on any atom is -0.368 e. The minimum atomic E-state index is -0.318. The lowest BCUT2D eigenvalue weighted by molar-refractivity contribution is 0.158. The van der Waals surface area contributed by atoms with Crippen LogP contribution in [0.2, 0.25) is 0 Å². The van der Waals surface area contributed by atoms with Gasteiger partial charge < -0.3 is 10.6 Å². The fraction of sp³-hybridized carbons (Fsp3) is 0.750. The SMILES string of the molecule is CC/C=N/N(C)C(N)c1ccc(N2CCN(C3CCC(C(C)(C)CC)C3)CC2)cn1. The van der Waals surface area contributed by atoms with Gasteiger partial charge in [-0.05, 0) is 49.1 Å². The van der Waals surface area contributed by atoms with Crippen LogP contribution in [0.15, 0.2) is 23.4 Å². The Morgan fingerprint density at radius 1 is 1.23 bits per heavy atom. The number of piperazine rings is 1. The number of anilines is 1. The lowest BCUT2D eigenvalue weighted by Crippen LogP contribution is -2.50. The molecule has 0 aromatic carbocycles. The van der Waals surface area contributed by atoms with Crippen molar-refractivity contribution < 1.29 is 0 Å². The van der Waals surface area contributed by atoms with E-state index in [0.717, 1.165) is 50.3 Å². The lowest BCUT2D eigenvalue weighted by atomic mass is 9.76. The molecule has 0 radical (unpaired) electrons. The summed E-state index contributed by atoms with van der Waals surface area (Å²) in [6.07, 6.45) is 9.84. The van der Waals surface area contributed by atoms with Crippen LogP contribution < -0.4 is 10.6 Å². The Balaban J connectivity index is 1.51. The molecular formula is C24H42N6. The second-order valence-corrected chi connectivity index (χ2v) is 9.70. The molecule has 0 amide bonds. The third-order valence-electron chi connectivity index (χ3n) is 7.54. The maximum Gasteiger partial charge on any atom is 0.136 e. The number of hydrogen-bond donors (Lipinski definition) is 1. The van der Waals surface area contributed by atoms with Crippen LogP contribution in [-0.4, -0.2) is 60.4 Å². The van der Waals surface area contributed by atoms with Gasteiger partial charge in [-0.15, -0.1) is 0 Å². The summed E-state index contributed by atoms with van der Waals surface area (Å²) in [5, 5.41) is 6.09. The Morgan fingerprint density at radius 3 is 2.57 bits per heavy atom. The summed E-state index contributed by atoms with van der Waals surface area (Å²) >= 11 is 0. The molecule has 168 valence electrons. The summed E-state index contributed by atoms with van der Waals surface area (Å²) in [7, 11) is 1.89. The third kappa shape index (κ3) is 5.33. The molecule has 1 aliphatic heterocycles. The van der Waals surface area contributed by atoms with E-state index in [1.54, 1.807) is 5.01 Å². The van der Waals surface area contributed by atoms with E-state index in [1.807, 2.05) is 25.5 Å². The molecule has 1 saturated heterocycles. The van der Waals surface area contributed by atoms with Crippen molar-refractivity contribution in [1.82, 2.24) is 14.9 Å². The topological polar surface area (TPSA) is 61.0 Å². The first kappa shape index (κ1) is 23.0. The fourth-order valence-electron chi connectivity index (χ4n) is 4.87. The van der Waals surface area contributed by atoms with Crippen LogP contribution in [0.25, 0.3) is 0 Å². The number of pyridine rings is 1. The molecule has 0 spiro atoms. The highest BCUT2D eigenvalue weighted by Crippen LogP contribution is 2.43. The van der Waals surface area contributed by atoms with Gasteiger partial charge in [-0.25, -0.2) is 0 Å². The highest BCUT2D eigenvalue weighted by atomic mass is 15.5. The van der Waals surface area contributed by atoms with Crippen molar-refractivity contribution in [3.63, 3.8) is 0 Å². The van der Waals surface area contributed by atoms with Gasteiger partial charge in [0, 0.05) is 45.5 Å². The Morgan fingerprint density at radius 2 is 1.97 bits per heavy atom. The Bertz CT molecular complexity index is 677. The third-order valence-corrected chi connectivity index (χ3v) is 7.54. The summed E-state index contributed by atoms with van der Waals surface area (Å²) in [6, 6.07) is 4.98. The molecule has 1 aromatic rings.